The average molecular weight is 250 g/mol. The quantitative estimate of drug-likeness (QED) is 0.739. The van der Waals surface area contributed by atoms with Crippen molar-refractivity contribution in [3.05, 3.63) is 24.0 Å². The summed E-state index contributed by atoms with van der Waals surface area (Å²) < 4.78 is 0. The van der Waals surface area contributed by atoms with E-state index in [0.717, 1.165) is 32.6 Å². The molecule has 1 aliphatic heterocycles. The molecule has 0 bridgehead atoms. The van der Waals surface area contributed by atoms with Gasteiger partial charge < -0.3 is 15.6 Å². The first-order valence-electron chi connectivity index (χ1n) is 6.90. The maximum atomic E-state index is 3.43. The number of nitrogens with one attached hydrogen (secondary N) is 3. The number of piperazine rings is 1. The molecule has 1 fully saturated rings. The standard InChI is InChI=1S/C14H26N4/c1-14(2,18-9-7-16-8-10-18)11-13(15-3)12-5-4-6-17-12/h4-6,13,15-17H,7-11H2,1-3H3. The number of H-pyrrole nitrogens is 1. The first-order valence-corrected chi connectivity index (χ1v) is 6.90. The first kappa shape index (κ1) is 13.6. The summed E-state index contributed by atoms with van der Waals surface area (Å²) in [7, 11) is 2.04. The lowest BCUT2D eigenvalue weighted by Gasteiger charge is -2.43. The van der Waals surface area contributed by atoms with Gasteiger partial charge in [-0.05, 0) is 39.4 Å². The zero-order valence-electron chi connectivity index (χ0n) is 11.8. The van der Waals surface area contributed by atoms with Crippen molar-refractivity contribution in [3.63, 3.8) is 0 Å². The van der Waals surface area contributed by atoms with Crippen molar-refractivity contribution in [1.29, 1.82) is 0 Å². The van der Waals surface area contributed by atoms with Gasteiger partial charge in [0.25, 0.3) is 0 Å². The topological polar surface area (TPSA) is 43.1 Å². The van der Waals surface area contributed by atoms with Gasteiger partial charge in [-0.15, -0.1) is 0 Å². The van der Waals surface area contributed by atoms with Gasteiger partial charge in [-0.3, -0.25) is 4.90 Å². The summed E-state index contributed by atoms with van der Waals surface area (Å²) in [5.41, 5.74) is 1.50. The van der Waals surface area contributed by atoms with E-state index in [1.54, 1.807) is 0 Å². The second kappa shape index (κ2) is 5.87. The van der Waals surface area contributed by atoms with Crippen LogP contribution < -0.4 is 10.6 Å². The van der Waals surface area contributed by atoms with Crippen molar-refractivity contribution in [2.45, 2.75) is 31.8 Å². The highest BCUT2D eigenvalue weighted by Crippen LogP contribution is 2.27. The Balaban J connectivity index is 2.01. The van der Waals surface area contributed by atoms with Crippen molar-refractivity contribution in [1.82, 2.24) is 20.5 Å². The Hall–Kier alpha value is -0.840. The predicted octanol–water partition coefficient (Wildman–Crippen LogP) is 1.35. The Kier molecular flexibility index (Phi) is 4.43. The van der Waals surface area contributed by atoms with Crippen molar-refractivity contribution in [2.24, 2.45) is 0 Å². The van der Waals surface area contributed by atoms with Crippen molar-refractivity contribution in [2.75, 3.05) is 33.2 Å². The van der Waals surface area contributed by atoms with Gasteiger partial charge in [-0.2, -0.15) is 0 Å². The van der Waals surface area contributed by atoms with Crippen LogP contribution in [-0.4, -0.2) is 48.6 Å². The van der Waals surface area contributed by atoms with Crippen LogP contribution in [0.3, 0.4) is 0 Å². The van der Waals surface area contributed by atoms with Crippen molar-refractivity contribution < 1.29 is 0 Å². The normalized spacial score (nSPS) is 19.9. The fraction of sp³-hybridized carbons (Fsp3) is 0.714. The third kappa shape index (κ3) is 3.13. The van der Waals surface area contributed by atoms with Gasteiger partial charge in [0.1, 0.15) is 0 Å². The molecule has 0 saturated carbocycles. The van der Waals surface area contributed by atoms with Crippen molar-refractivity contribution >= 4 is 0 Å². The minimum absolute atomic E-state index is 0.223. The average Bonchev–Trinajstić information content (AvgIpc) is 2.91. The number of aromatic nitrogens is 1. The summed E-state index contributed by atoms with van der Waals surface area (Å²) in [5.74, 6) is 0. The van der Waals surface area contributed by atoms with E-state index in [1.165, 1.54) is 5.69 Å². The molecule has 1 atom stereocenters. The highest BCUT2D eigenvalue weighted by molar-refractivity contribution is 5.10. The fourth-order valence-corrected chi connectivity index (χ4v) is 2.83. The van der Waals surface area contributed by atoms with Crippen molar-refractivity contribution in [3.8, 4) is 0 Å². The molecule has 3 N–H and O–H groups in total. The highest BCUT2D eigenvalue weighted by atomic mass is 15.2. The lowest BCUT2D eigenvalue weighted by molar-refractivity contribution is 0.0858. The lowest BCUT2D eigenvalue weighted by atomic mass is 9.91. The molecule has 4 heteroatoms. The van der Waals surface area contributed by atoms with Crippen LogP contribution in [0.15, 0.2) is 18.3 Å². The Morgan fingerprint density at radius 3 is 2.67 bits per heavy atom. The maximum Gasteiger partial charge on any atom is 0.0487 e. The highest BCUT2D eigenvalue weighted by Gasteiger charge is 2.30. The van der Waals surface area contributed by atoms with E-state index in [-0.39, 0.29) is 5.54 Å². The van der Waals surface area contributed by atoms with Crippen LogP contribution in [0.2, 0.25) is 0 Å². The van der Waals surface area contributed by atoms with Gasteiger partial charge in [-0.1, -0.05) is 0 Å². The molecule has 0 aromatic carbocycles. The van der Waals surface area contributed by atoms with Crippen LogP contribution in [0, 0.1) is 0 Å². The van der Waals surface area contributed by atoms with E-state index < -0.39 is 0 Å². The zero-order chi connectivity index (χ0) is 13.0. The summed E-state index contributed by atoms with van der Waals surface area (Å²) in [5, 5.41) is 6.84. The minimum atomic E-state index is 0.223. The largest absolute Gasteiger partial charge is 0.364 e. The molecule has 4 nitrogen and oxygen atoms in total. The summed E-state index contributed by atoms with van der Waals surface area (Å²) in [6.07, 6.45) is 3.11. The van der Waals surface area contributed by atoms with E-state index in [1.807, 2.05) is 13.2 Å². The Morgan fingerprint density at radius 1 is 1.39 bits per heavy atom. The van der Waals surface area contributed by atoms with Gasteiger partial charge in [-0.25, -0.2) is 0 Å². The molecule has 0 amide bonds. The zero-order valence-corrected chi connectivity index (χ0v) is 11.8. The summed E-state index contributed by atoms with van der Waals surface area (Å²) >= 11 is 0. The van der Waals surface area contributed by atoms with E-state index in [4.69, 9.17) is 0 Å². The molecule has 2 rings (SSSR count). The molecule has 0 aliphatic carbocycles. The molecule has 1 saturated heterocycles. The maximum absolute atomic E-state index is 3.43. The van der Waals surface area contributed by atoms with Crippen LogP contribution in [-0.2, 0) is 0 Å². The molecule has 1 unspecified atom stereocenters. The molecule has 18 heavy (non-hydrogen) atoms. The molecular weight excluding hydrogens is 224 g/mol. The van der Waals surface area contributed by atoms with Gasteiger partial charge in [0.15, 0.2) is 0 Å². The van der Waals surface area contributed by atoms with E-state index in [9.17, 15) is 0 Å². The third-order valence-electron chi connectivity index (χ3n) is 4.02. The predicted molar refractivity (Wildman–Crippen MR) is 75.7 cm³/mol. The summed E-state index contributed by atoms with van der Waals surface area (Å²) in [6.45, 7) is 9.21. The molecule has 1 aromatic heterocycles. The Morgan fingerprint density at radius 2 is 2.11 bits per heavy atom. The van der Waals surface area contributed by atoms with Gasteiger partial charge in [0.2, 0.25) is 0 Å². The van der Waals surface area contributed by atoms with Crippen LogP contribution in [0.5, 0.6) is 0 Å². The molecule has 0 radical (unpaired) electrons. The Labute approximate surface area is 110 Å². The van der Waals surface area contributed by atoms with E-state index >= 15 is 0 Å². The number of hydrogen-bond acceptors (Lipinski definition) is 3. The monoisotopic (exact) mass is 250 g/mol. The second-order valence-corrected chi connectivity index (χ2v) is 5.72. The lowest BCUT2D eigenvalue weighted by Crippen LogP contribution is -2.54. The van der Waals surface area contributed by atoms with E-state index in [2.05, 4.69) is 46.5 Å². The van der Waals surface area contributed by atoms with Gasteiger partial charge in [0, 0.05) is 49.7 Å². The molecule has 1 aromatic rings. The molecule has 0 spiro atoms. The van der Waals surface area contributed by atoms with Gasteiger partial charge in [0.05, 0.1) is 0 Å². The number of nitrogens with zero attached hydrogens (tertiary/aromatic N) is 1. The van der Waals surface area contributed by atoms with Crippen LogP contribution in [0.25, 0.3) is 0 Å². The molecule has 102 valence electrons. The SMILES string of the molecule is CNC(CC(C)(C)N1CCNCC1)c1ccc[nH]1. The third-order valence-corrected chi connectivity index (χ3v) is 4.02. The van der Waals surface area contributed by atoms with E-state index in [0.29, 0.717) is 6.04 Å². The van der Waals surface area contributed by atoms with Crippen LogP contribution in [0.4, 0.5) is 0 Å². The second-order valence-electron chi connectivity index (χ2n) is 5.72. The fourth-order valence-electron chi connectivity index (χ4n) is 2.83. The van der Waals surface area contributed by atoms with Gasteiger partial charge >= 0.3 is 0 Å². The minimum Gasteiger partial charge on any atom is -0.364 e. The number of hydrogen-bond donors (Lipinski definition) is 3. The van der Waals surface area contributed by atoms with Crippen LogP contribution >= 0.6 is 0 Å². The number of aromatic amines is 1. The first-order chi connectivity index (χ1) is 8.63. The smallest absolute Gasteiger partial charge is 0.0487 e. The number of rotatable bonds is 5. The van der Waals surface area contributed by atoms with Crippen LogP contribution in [0.1, 0.15) is 32.0 Å². The molecular formula is C14H26N4. The Bertz CT molecular complexity index is 339. The molecule has 1 aliphatic rings. The summed E-state index contributed by atoms with van der Waals surface area (Å²) in [6, 6.07) is 4.62. The molecule has 2 heterocycles. The summed E-state index contributed by atoms with van der Waals surface area (Å²) in [4.78, 5) is 5.91.